The first kappa shape index (κ1) is 17.6. The van der Waals surface area contributed by atoms with E-state index >= 15 is 0 Å². The Labute approximate surface area is 159 Å². The van der Waals surface area contributed by atoms with Crippen molar-refractivity contribution in [1.82, 2.24) is 14.4 Å². The van der Waals surface area contributed by atoms with E-state index in [1.54, 1.807) is 17.4 Å². The molecule has 2 aromatic rings. The molecule has 2 aromatic heterocycles. The molecule has 1 saturated heterocycles. The fourth-order valence-corrected chi connectivity index (χ4v) is 4.56. The second kappa shape index (κ2) is 7.41. The van der Waals surface area contributed by atoms with Crippen molar-refractivity contribution in [3.63, 3.8) is 0 Å². The summed E-state index contributed by atoms with van der Waals surface area (Å²) in [5.74, 6) is 0.136. The highest BCUT2D eigenvalue weighted by atomic mass is 32.1. The molecule has 0 unspecified atom stereocenters. The van der Waals surface area contributed by atoms with Crippen LogP contribution in [0, 0.1) is 13.8 Å². The van der Waals surface area contributed by atoms with Gasteiger partial charge in [0.2, 0.25) is 5.91 Å². The Hall–Kier alpha value is -1.85. The van der Waals surface area contributed by atoms with E-state index in [9.17, 15) is 4.79 Å². The number of hydrogen-bond donors (Lipinski definition) is 0. The van der Waals surface area contributed by atoms with Crippen LogP contribution in [0.3, 0.4) is 0 Å². The molecule has 2 fully saturated rings. The van der Waals surface area contributed by atoms with E-state index < -0.39 is 0 Å². The summed E-state index contributed by atoms with van der Waals surface area (Å²) in [6, 6.07) is 5.07. The van der Waals surface area contributed by atoms with E-state index in [1.165, 1.54) is 35.4 Å². The number of nitrogens with zero attached hydrogens (tertiary/aromatic N) is 3. The van der Waals surface area contributed by atoms with Gasteiger partial charge in [0.05, 0.1) is 0 Å². The monoisotopic (exact) mass is 369 g/mol. The van der Waals surface area contributed by atoms with Gasteiger partial charge in [-0.1, -0.05) is 0 Å². The quantitative estimate of drug-likeness (QED) is 0.749. The van der Waals surface area contributed by atoms with Gasteiger partial charge in [-0.25, -0.2) is 0 Å². The molecule has 1 amide bonds. The molecule has 2 aliphatic rings. The highest BCUT2D eigenvalue weighted by Crippen LogP contribution is 2.38. The summed E-state index contributed by atoms with van der Waals surface area (Å²) in [5.41, 5.74) is 5.15. The fourth-order valence-electron chi connectivity index (χ4n) is 3.90. The summed E-state index contributed by atoms with van der Waals surface area (Å²) in [5, 5.41) is 4.33. The van der Waals surface area contributed by atoms with Crippen molar-refractivity contribution in [1.29, 1.82) is 0 Å². The average Bonchev–Trinajstić information content (AvgIpc) is 3.25. The number of carbonyl (C=O) groups excluding carboxylic acids is 1. The molecule has 26 heavy (non-hydrogen) atoms. The highest BCUT2D eigenvalue weighted by molar-refractivity contribution is 7.07. The van der Waals surface area contributed by atoms with Gasteiger partial charge in [-0.2, -0.15) is 11.3 Å². The van der Waals surface area contributed by atoms with Crippen LogP contribution < -0.4 is 0 Å². The Morgan fingerprint density at radius 2 is 2.00 bits per heavy atom. The van der Waals surface area contributed by atoms with Crippen LogP contribution in [0.1, 0.15) is 41.4 Å². The molecule has 0 aromatic carbocycles. The van der Waals surface area contributed by atoms with Crippen molar-refractivity contribution < 1.29 is 4.79 Å². The van der Waals surface area contributed by atoms with Crippen molar-refractivity contribution >= 4 is 23.3 Å². The normalized spacial score (nSPS) is 18.8. The molecule has 0 N–H and O–H groups in total. The van der Waals surface area contributed by atoms with Crippen LogP contribution in [0.4, 0.5) is 0 Å². The maximum Gasteiger partial charge on any atom is 0.246 e. The van der Waals surface area contributed by atoms with Gasteiger partial charge in [-0.3, -0.25) is 9.69 Å². The van der Waals surface area contributed by atoms with Gasteiger partial charge in [0.15, 0.2) is 0 Å². The third-order valence-electron chi connectivity index (χ3n) is 5.51. The van der Waals surface area contributed by atoms with Crippen molar-refractivity contribution in [3.8, 4) is 0 Å². The van der Waals surface area contributed by atoms with Crippen LogP contribution in [0.25, 0.3) is 6.08 Å². The van der Waals surface area contributed by atoms with E-state index in [0.717, 1.165) is 32.7 Å². The van der Waals surface area contributed by atoms with E-state index in [1.807, 2.05) is 11.0 Å². The van der Waals surface area contributed by atoms with E-state index in [2.05, 4.69) is 46.2 Å². The number of aromatic nitrogens is 1. The Balaban J connectivity index is 1.33. The molecule has 1 aliphatic heterocycles. The van der Waals surface area contributed by atoms with Gasteiger partial charge in [-0.15, -0.1) is 0 Å². The minimum Gasteiger partial charge on any atom is -0.346 e. The zero-order valence-electron chi connectivity index (χ0n) is 15.6. The van der Waals surface area contributed by atoms with Crippen molar-refractivity contribution in [2.24, 2.45) is 0 Å². The van der Waals surface area contributed by atoms with Crippen LogP contribution in [-0.2, 0) is 11.3 Å². The maximum atomic E-state index is 12.6. The second-order valence-corrected chi connectivity index (χ2v) is 8.27. The lowest BCUT2D eigenvalue weighted by molar-refractivity contribution is -0.127. The van der Waals surface area contributed by atoms with Gasteiger partial charge < -0.3 is 9.47 Å². The Bertz CT molecular complexity index is 794. The Morgan fingerprint density at radius 3 is 2.65 bits per heavy atom. The fraction of sp³-hybridized carbons (Fsp3) is 0.476. The topological polar surface area (TPSA) is 28.5 Å². The van der Waals surface area contributed by atoms with Gasteiger partial charge in [0.25, 0.3) is 0 Å². The summed E-state index contributed by atoms with van der Waals surface area (Å²) in [6.07, 6.45) is 6.33. The molecular formula is C21H27N3OS. The first-order valence-electron chi connectivity index (χ1n) is 9.50. The molecule has 3 heterocycles. The smallest absolute Gasteiger partial charge is 0.246 e. The predicted molar refractivity (Wildman–Crippen MR) is 107 cm³/mol. The lowest BCUT2D eigenvalue weighted by Gasteiger charge is -2.34. The van der Waals surface area contributed by atoms with Crippen molar-refractivity contribution in [2.45, 2.75) is 39.3 Å². The zero-order chi connectivity index (χ0) is 18.1. The Kier molecular flexibility index (Phi) is 5.00. The van der Waals surface area contributed by atoms with Crippen molar-refractivity contribution in [2.75, 3.05) is 26.2 Å². The average molecular weight is 370 g/mol. The zero-order valence-corrected chi connectivity index (χ0v) is 16.5. The maximum absolute atomic E-state index is 12.6. The lowest BCUT2D eigenvalue weighted by Crippen LogP contribution is -2.47. The third kappa shape index (κ3) is 3.79. The molecule has 0 atom stereocenters. The number of aryl methyl sites for hydroxylation is 1. The Morgan fingerprint density at radius 1 is 1.23 bits per heavy atom. The van der Waals surface area contributed by atoms with Crippen LogP contribution >= 0.6 is 11.3 Å². The minimum absolute atomic E-state index is 0.136. The van der Waals surface area contributed by atoms with E-state index in [-0.39, 0.29) is 5.91 Å². The van der Waals surface area contributed by atoms with Gasteiger partial charge >= 0.3 is 0 Å². The van der Waals surface area contributed by atoms with Crippen molar-refractivity contribution in [3.05, 3.63) is 51.5 Å². The standard InChI is InChI=1S/C21H27N3OS/c1-16-13-19(17(2)24(16)20-4-5-20)3-6-21(25)23-10-8-22(9-11-23)14-18-7-12-26-15-18/h3,6-7,12-13,15,20H,4-5,8-11,14H2,1-2H3/b6-3+. The van der Waals surface area contributed by atoms with Crippen LogP contribution in [0.15, 0.2) is 29.0 Å². The summed E-state index contributed by atoms with van der Waals surface area (Å²) in [7, 11) is 0. The number of piperazine rings is 1. The summed E-state index contributed by atoms with van der Waals surface area (Å²) < 4.78 is 2.42. The number of rotatable bonds is 5. The molecule has 4 rings (SSSR count). The second-order valence-electron chi connectivity index (χ2n) is 7.49. The SMILES string of the molecule is Cc1cc(/C=C/C(=O)N2CCN(Cc3ccsc3)CC2)c(C)n1C1CC1. The molecule has 1 aliphatic carbocycles. The highest BCUT2D eigenvalue weighted by Gasteiger charge is 2.26. The molecular weight excluding hydrogens is 342 g/mol. The molecule has 0 bridgehead atoms. The molecule has 5 heteroatoms. The first-order chi connectivity index (χ1) is 12.6. The van der Waals surface area contributed by atoms with Crippen LogP contribution in [-0.4, -0.2) is 46.5 Å². The minimum atomic E-state index is 0.136. The van der Waals surface area contributed by atoms with Gasteiger partial charge in [-0.05, 0) is 66.8 Å². The van der Waals surface area contributed by atoms with Crippen LogP contribution in [0.2, 0.25) is 0 Å². The number of thiophene rings is 1. The van der Waals surface area contributed by atoms with Crippen LogP contribution in [0.5, 0.6) is 0 Å². The van der Waals surface area contributed by atoms with E-state index in [0.29, 0.717) is 6.04 Å². The number of carbonyl (C=O) groups is 1. The predicted octanol–water partition coefficient (Wildman–Crippen LogP) is 3.86. The summed E-state index contributed by atoms with van der Waals surface area (Å²) >= 11 is 1.75. The lowest BCUT2D eigenvalue weighted by atomic mass is 10.2. The molecule has 4 nitrogen and oxygen atoms in total. The summed E-state index contributed by atoms with van der Waals surface area (Å²) in [4.78, 5) is 17.0. The number of hydrogen-bond acceptors (Lipinski definition) is 3. The van der Waals surface area contributed by atoms with E-state index in [4.69, 9.17) is 0 Å². The first-order valence-corrected chi connectivity index (χ1v) is 10.4. The molecule has 1 saturated carbocycles. The molecule has 0 spiro atoms. The molecule has 0 radical (unpaired) electrons. The van der Waals surface area contributed by atoms with Gasteiger partial charge in [0, 0.05) is 56.2 Å². The number of amides is 1. The third-order valence-corrected chi connectivity index (χ3v) is 6.24. The van der Waals surface area contributed by atoms with Gasteiger partial charge in [0.1, 0.15) is 0 Å². The largest absolute Gasteiger partial charge is 0.346 e. The summed E-state index contributed by atoms with van der Waals surface area (Å²) in [6.45, 7) is 8.85. The molecule has 138 valence electrons.